The molecule has 0 aliphatic carbocycles. The third kappa shape index (κ3) is 3.53. The molecule has 25 heavy (non-hydrogen) atoms. The second-order valence-electron chi connectivity index (χ2n) is 5.27. The first-order valence-corrected chi connectivity index (χ1v) is 7.96. The molecule has 4 nitrogen and oxygen atoms in total. The van der Waals surface area contributed by atoms with Crippen LogP contribution in [0.25, 0.3) is 5.69 Å². The van der Waals surface area contributed by atoms with E-state index in [4.69, 9.17) is 11.6 Å². The molecule has 0 bridgehead atoms. The lowest BCUT2D eigenvalue weighted by Crippen LogP contribution is -2.31. The predicted octanol–water partition coefficient (Wildman–Crippen LogP) is 4.47. The molecule has 1 heterocycles. The summed E-state index contributed by atoms with van der Waals surface area (Å²) in [7, 11) is 0. The third-order valence-corrected chi connectivity index (χ3v) is 3.89. The first kappa shape index (κ1) is 17.1. The molecule has 3 rings (SSSR count). The molecule has 2 aromatic carbocycles. The van der Waals surface area contributed by atoms with Gasteiger partial charge in [0.15, 0.2) is 17.3 Å². The van der Waals surface area contributed by atoms with E-state index in [0.29, 0.717) is 10.7 Å². The van der Waals surface area contributed by atoms with Crippen LogP contribution in [0.2, 0.25) is 5.02 Å². The molecule has 0 radical (unpaired) electrons. The Morgan fingerprint density at radius 3 is 2.64 bits per heavy atom. The van der Waals surface area contributed by atoms with E-state index >= 15 is 0 Å². The molecule has 128 valence electrons. The van der Waals surface area contributed by atoms with Crippen molar-refractivity contribution in [1.82, 2.24) is 9.78 Å². The van der Waals surface area contributed by atoms with Crippen LogP contribution in [-0.4, -0.2) is 22.2 Å². The van der Waals surface area contributed by atoms with Crippen LogP contribution < -0.4 is 4.90 Å². The smallest absolute Gasteiger partial charge is 0.278 e. The Hall–Kier alpha value is -2.73. The number of benzene rings is 2. The van der Waals surface area contributed by atoms with E-state index in [2.05, 4.69) is 5.10 Å². The summed E-state index contributed by atoms with van der Waals surface area (Å²) in [4.78, 5) is 14.0. The topological polar surface area (TPSA) is 38.1 Å². The molecule has 0 aliphatic heterocycles. The molecule has 3 aromatic rings. The molecule has 1 amide bonds. The minimum atomic E-state index is -1.01. The number of hydrogen-bond acceptors (Lipinski definition) is 2. The van der Waals surface area contributed by atoms with Crippen molar-refractivity contribution in [3.63, 3.8) is 0 Å². The molecule has 0 N–H and O–H groups in total. The normalized spacial score (nSPS) is 10.7. The number of anilines is 1. The average molecular weight is 362 g/mol. The van der Waals surface area contributed by atoms with Crippen molar-refractivity contribution in [2.24, 2.45) is 0 Å². The second kappa shape index (κ2) is 7.03. The Balaban J connectivity index is 1.90. The lowest BCUT2D eigenvalue weighted by atomic mass is 10.2. The quantitative estimate of drug-likeness (QED) is 0.687. The standard InChI is InChI=1S/C18H14ClF2N3O/c1-2-23(13-6-7-15(20)16(21)11-13)18(25)17-8-9-24(22-17)14-5-3-4-12(19)10-14/h3-11H,2H2,1H3. The number of carbonyl (C=O) groups is 1. The molecular formula is C18H14ClF2N3O. The van der Waals surface area contributed by atoms with Crippen molar-refractivity contribution >= 4 is 23.2 Å². The summed E-state index contributed by atoms with van der Waals surface area (Å²) in [5, 5.41) is 4.81. The number of hydrogen-bond donors (Lipinski definition) is 0. The molecule has 7 heteroatoms. The zero-order chi connectivity index (χ0) is 18.0. The van der Waals surface area contributed by atoms with E-state index in [9.17, 15) is 13.6 Å². The monoisotopic (exact) mass is 361 g/mol. The minimum absolute atomic E-state index is 0.187. The van der Waals surface area contributed by atoms with Crippen LogP contribution in [0.3, 0.4) is 0 Å². The molecule has 0 saturated carbocycles. The maximum absolute atomic E-state index is 13.5. The Kier molecular flexibility index (Phi) is 4.81. The lowest BCUT2D eigenvalue weighted by Gasteiger charge is -2.20. The van der Waals surface area contributed by atoms with Crippen molar-refractivity contribution in [2.45, 2.75) is 6.92 Å². The first-order valence-electron chi connectivity index (χ1n) is 7.58. The van der Waals surface area contributed by atoms with Gasteiger partial charge in [-0.15, -0.1) is 0 Å². The number of carbonyl (C=O) groups excluding carboxylic acids is 1. The van der Waals surface area contributed by atoms with Gasteiger partial charge in [0.05, 0.1) is 5.69 Å². The fourth-order valence-corrected chi connectivity index (χ4v) is 2.62. The SMILES string of the molecule is CCN(C(=O)c1ccn(-c2cccc(Cl)c2)n1)c1ccc(F)c(F)c1. The molecule has 0 fully saturated rings. The predicted molar refractivity (Wildman–Crippen MR) is 92.3 cm³/mol. The summed E-state index contributed by atoms with van der Waals surface area (Å²) in [5.41, 5.74) is 1.16. The van der Waals surface area contributed by atoms with Crippen molar-refractivity contribution in [1.29, 1.82) is 0 Å². The zero-order valence-electron chi connectivity index (χ0n) is 13.3. The molecule has 0 atom stereocenters. The Labute approximate surface area is 148 Å². The largest absolute Gasteiger partial charge is 0.307 e. The number of amides is 1. The minimum Gasteiger partial charge on any atom is -0.307 e. The fraction of sp³-hybridized carbons (Fsp3) is 0.111. The molecule has 0 saturated heterocycles. The lowest BCUT2D eigenvalue weighted by molar-refractivity contribution is 0.0983. The van der Waals surface area contributed by atoms with Gasteiger partial charge in [0.1, 0.15) is 0 Å². The highest BCUT2D eigenvalue weighted by molar-refractivity contribution is 6.30. The maximum Gasteiger partial charge on any atom is 0.278 e. The van der Waals surface area contributed by atoms with Crippen LogP contribution in [0.5, 0.6) is 0 Å². The van der Waals surface area contributed by atoms with Gasteiger partial charge in [0.2, 0.25) is 0 Å². The van der Waals surface area contributed by atoms with E-state index < -0.39 is 17.5 Å². The first-order chi connectivity index (χ1) is 12.0. The van der Waals surface area contributed by atoms with Gasteiger partial charge in [-0.2, -0.15) is 5.10 Å². The molecule has 0 spiro atoms. The second-order valence-corrected chi connectivity index (χ2v) is 5.71. The summed E-state index contributed by atoms with van der Waals surface area (Å²) < 4.78 is 28.1. The van der Waals surface area contributed by atoms with Gasteiger partial charge in [-0.05, 0) is 43.3 Å². The summed E-state index contributed by atoms with van der Waals surface area (Å²) in [6, 6.07) is 11.9. The summed E-state index contributed by atoms with van der Waals surface area (Å²) in [6.45, 7) is 2.03. The number of halogens is 3. The third-order valence-electron chi connectivity index (χ3n) is 3.66. The van der Waals surface area contributed by atoms with E-state index in [1.165, 1.54) is 15.6 Å². The van der Waals surface area contributed by atoms with E-state index in [1.54, 1.807) is 43.5 Å². The summed E-state index contributed by atoms with van der Waals surface area (Å²) in [5.74, 6) is -2.38. The van der Waals surface area contributed by atoms with Crippen LogP contribution in [-0.2, 0) is 0 Å². The molecular weight excluding hydrogens is 348 g/mol. The van der Waals surface area contributed by atoms with E-state index in [0.717, 1.165) is 12.1 Å². The number of nitrogens with zero attached hydrogens (tertiary/aromatic N) is 3. The average Bonchev–Trinajstić information content (AvgIpc) is 3.09. The van der Waals surface area contributed by atoms with Gasteiger partial charge >= 0.3 is 0 Å². The Morgan fingerprint density at radius 1 is 1.16 bits per heavy atom. The van der Waals surface area contributed by atoms with Crippen molar-refractivity contribution in [3.05, 3.63) is 77.1 Å². The van der Waals surface area contributed by atoms with Crippen molar-refractivity contribution in [2.75, 3.05) is 11.4 Å². The highest BCUT2D eigenvalue weighted by atomic mass is 35.5. The van der Waals surface area contributed by atoms with Crippen LogP contribution in [0.15, 0.2) is 54.7 Å². The zero-order valence-corrected chi connectivity index (χ0v) is 14.0. The van der Waals surface area contributed by atoms with Gasteiger partial charge < -0.3 is 4.90 Å². The highest BCUT2D eigenvalue weighted by Crippen LogP contribution is 2.20. The van der Waals surface area contributed by atoms with E-state index in [1.807, 2.05) is 0 Å². The van der Waals surface area contributed by atoms with Crippen molar-refractivity contribution < 1.29 is 13.6 Å². The van der Waals surface area contributed by atoms with Crippen molar-refractivity contribution in [3.8, 4) is 5.69 Å². The summed E-state index contributed by atoms with van der Waals surface area (Å²) >= 11 is 5.96. The maximum atomic E-state index is 13.5. The molecule has 1 aromatic heterocycles. The van der Waals surface area contributed by atoms with Gasteiger partial charge in [-0.1, -0.05) is 17.7 Å². The van der Waals surface area contributed by atoms with Gasteiger partial charge in [-0.25, -0.2) is 13.5 Å². The molecule has 0 aliphatic rings. The number of rotatable bonds is 4. The highest BCUT2D eigenvalue weighted by Gasteiger charge is 2.20. The fourth-order valence-electron chi connectivity index (χ4n) is 2.44. The van der Waals surface area contributed by atoms with Gasteiger partial charge in [0, 0.05) is 29.5 Å². The van der Waals surface area contributed by atoms with E-state index in [-0.39, 0.29) is 17.9 Å². The number of aromatic nitrogens is 2. The van der Waals surface area contributed by atoms with Crippen LogP contribution >= 0.6 is 11.6 Å². The van der Waals surface area contributed by atoms with Crippen LogP contribution in [0.4, 0.5) is 14.5 Å². The van der Waals surface area contributed by atoms with Gasteiger partial charge in [0.25, 0.3) is 5.91 Å². The van der Waals surface area contributed by atoms with Gasteiger partial charge in [-0.3, -0.25) is 4.79 Å². The van der Waals surface area contributed by atoms with Crippen LogP contribution in [0.1, 0.15) is 17.4 Å². The van der Waals surface area contributed by atoms with Crippen LogP contribution in [0, 0.1) is 11.6 Å². The Morgan fingerprint density at radius 2 is 1.96 bits per heavy atom. The Bertz CT molecular complexity index is 926. The molecule has 0 unspecified atom stereocenters. The summed E-state index contributed by atoms with van der Waals surface area (Å²) in [6.07, 6.45) is 1.64.